The molecule has 0 heterocycles. The molecule has 0 aromatic carbocycles. The summed E-state index contributed by atoms with van der Waals surface area (Å²) in [6, 6.07) is 0. The van der Waals surface area contributed by atoms with E-state index in [1.165, 1.54) is 16.5 Å². The summed E-state index contributed by atoms with van der Waals surface area (Å²) in [6.07, 6.45) is 5.27. The highest BCUT2D eigenvalue weighted by Crippen LogP contribution is 2.28. The summed E-state index contributed by atoms with van der Waals surface area (Å²) in [5, 5.41) is 3.69. The van der Waals surface area contributed by atoms with E-state index in [-0.39, 0.29) is 0 Å². The lowest BCUT2D eigenvalue weighted by atomic mass is 10.3. The molecule has 0 aromatic heterocycles. The summed E-state index contributed by atoms with van der Waals surface area (Å²) in [4.78, 5) is 4.57. The van der Waals surface area contributed by atoms with Gasteiger partial charge in [0, 0.05) is 0 Å². The third-order valence-corrected chi connectivity index (χ3v) is 2.41. The second kappa shape index (κ2) is 3.76. The van der Waals surface area contributed by atoms with Crippen molar-refractivity contribution in [3.63, 3.8) is 0 Å². The molecule has 2 nitrogen and oxygen atoms in total. The Morgan fingerprint density at radius 1 is 1.60 bits per heavy atom. The summed E-state index contributed by atoms with van der Waals surface area (Å²) in [6.45, 7) is 0. The number of hydrogen-bond acceptors (Lipinski definition) is 2. The molecule has 0 N–H and O–H groups in total. The molecule has 0 radical (unpaired) electrons. The van der Waals surface area contributed by atoms with E-state index < -0.39 is 0 Å². The first-order valence-corrected chi connectivity index (χ1v) is 4.08. The van der Waals surface area contributed by atoms with Crippen LogP contribution in [-0.4, -0.2) is 13.3 Å². The van der Waals surface area contributed by atoms with Crippen molar-refractivity contribution in [2.24, 2.45) is 5.16 Å². The third-order valence-electron chi connectivity index (χ3n) is 1.50. The lowest BCUT2D eigenvalue weighted by molar-refractivity contribution is 0.215. The average Bonchev–Trinajstić information content (AvgIpc) is 2.31. The van der Waals surface area contributed by atoms with E-state index in [4.69, 9.17) is 0 Å². The Morgan fingerprint density at radius 2 is 2.40 bits per heavy atom. The zero-order valence-electron chi connectivity index (χ0n) is 5.93. The standard InChI is InChI=1S/C7H10BrNO/c1-10-9-5-6-3-2-4-7(6)8/h5H,2-4H2,1H3/b9-5+. The zero-order valence-corrected chi connectivity index (χ0v) is 7.52. The molecule has 0 saturated heterocycles. The summed E-state index contributed by atoms with van der Waals surface area (Å²) in [5.74, 6) is 0. The highest BCUT2D eigenvalue weighted by atomic mass is 79.9. The van der Waals surface area contributed by atoms with Gasteiger partial charge >= 0.3 is 0 Å². The maximum atomic E-state index is 4.57. The van der Waals surface area contributed by atoms with E-state index in [1.807, 2.05) is 0 Å². The van der Waals surface area contributed by atoms with Crippen LogP contribution in [0, 0.1) is 0 Å². The van der Waals surface area contributed by atoms with Gasteiger partial charge in [-0.2, -0.15) is 0 Å². The van der Waals surface area contributed by atoms with Gasteiger partial charge in [-0.3, -0.25) is 0 Å². The lowest BCUT2D eigenvalue weighted by Crippen LogP contribution is -1.80. The molecule has 0 fully saturated rings. The Balaban J connectivity index is 2.54. The van der Waals surface area contributed by atoms with Gasteiger partial charge in [0.15, 0.2) is 0 Å². The van der Waals surface area contributed by atoms with E-state index in [0.717, 1.165) is 12.8 Å². The average molecular weight is 204 g/mol. The Bertz CT molecular complexity index is 174. The van der Waals surface area contributed by atoms with Crippen LogP contribution >= 0.6 is 15.9 Å². The monoisotopic (exact) mass is 203 g/mol. The molecule has 0 spiro atoms. The molecular formula is C7H10BrNO. The fourth-order valence-electron chi connectivity index (χ4n) is 0.981. The molecular weight excluding hydrogens is 194 g/mol. The molecule has 0 unspecified atom stereocenters. The second-order valence-corrected chi connectivity index (χ2v) is 3.16. The van der Waals surface area contributed by atoms with Crippen LogP contribution in [0.5, 0.6) is 0 Å². The third kappa shape index (κ3) is 1.84. The summed E-state index contributed by atoms with van der Waals surface area (Å²) in [7, 11) is 1.56. The second-order valence-electron chi connectivity index (χ2n) is 2.20. The molecule has 56 valence electrons. The highest BCUT2D eigenvalue weighted by Gasteiger charge is 2.09. The smallest absolute Gasteiger partial charge is 0.106 e. The van der Waals surface area contributed by atoms with Gasteiger partial charge in [0.2, 0.25) is 0 Å². The summed E-state index contributed by atoms with van der Waals surface area (Å²) in [5.41, 5.74) is 1.27. The van der Waals surface area contributed by atoms with Gasteiger partial charge in [-0.1, -0.05) is 21.1 Å². The maximum Gasteiger partial charge on any atom is 0.106 e. The van der Waals surface area contributed by atoms with E-state index in [1.54, 1.807) is 13.3 Å². The van der Waals surface area contributed by atoms with Crippen LogP contribution in [0.1, 0.15) is 19.3 Å². The molecule has 0 aliphatic heterocycles. The van der Waals surface area contributed by atoms with Gasteiger partial charge < -0.3 is 4.84 Å². The minimum Gasteiger partial charge on any atom is -0.399 e. The Labute approximate surface area is 69.1 Å². The predicted octanol–water partition coefficient (Wildman–Crippen LogP) is 2.45. The van der Waals surface area contributed by atoms with Gasteiger partial charge in [0.25, 0.3) is 0 Å². The molecule has 0 atom stereocenters. The topological polar surface area (TPSA) is 21.6 Å². The minimum absolute atomic E-state index is 1.12. The van der Waals surface area contributed by atoms with E-state index in [0.29, 0.717) is 0 Å². The van der Waals surface area contributed by atoms with Crippen molar-refractivity contribution in [3.8, 4) is 0 Å². The van der Waals surface area contributed by atoms with Gasteiger partial charge in [0.05, 0.1) is 6.21 Å². The van der Waals surface area contributed by atoms with E-state index >= 15 is 0 Å². The van der Waals surface area contributed by atoms with E-state index in [9.17, 15) is 0 Å². The zero-order chi connectivity index (χ0) is 7.40. The summed E-state index contributed by atoms with van der Waals surface area (Å²) < 4.78 is 1.27. The SMILES string of the molecule is CO/N=C/C1=C(Br)CCC1. The Kier molecular flexibility index (Phi) is 2.93. The van der Waals surface area contributed by atoms with E-state index in [2.05, 4.69) is 25.9 Å². The van der Waals surface area contributed by atoms with Crippen LogP contribution in [0.25, 0.3) is 0 Å². The largest absolute Gasteiger partial charge is 0.399 e. The number of allylic oxidation sites excluding steroid dienone is 2. The van der Waals surface area contributed by atoms with Crippen molar-refractivity contribution >= 4 is 22.1 Å². The van der Waals surface area contributed by atoms with Crippen LogP contribution in [0.3, 0.4) is 0 Å². The molecule has 0 saturated carbocycles. The van der Waals surface area contributed by atoms with Crippen molar-refractivity contribution in [1.82, 2.24) is 0 Å². The first-order valence-electron chi connectivity index (χ1n) is 3.28. The van der Waals surface area contributed by atoms with Crippen molar-refractivity contribution in [2.45, 2.75) is 19.3 Å². The number of oxime groups is 1. The first-order chi connectivity index (χ1) is 4.84. The maximum absolute atomic E-state index is 4.57. The summed E-state index contributed by atoms with van der Waals surface area (Å²) >= 11 is 3.47. The van der Waals surface area contributed by atoms with Gasteiger partial charge in [-0.15, -0.1) is 0 Å². The van der Waals surface area contributed by atoms with Crippen LogP contribution < -0.4 is 0 Å². The number of nitrogens with zero attached hydrogens (tertiary/aromatic N) is 1. The van der Waals surface area contributed by atoms with Crippen LogP contribution in [0.15, 0.2) is 15.2 Å². The Morgan fingerprint density at radius 3 is 2.90 bits per heavy atom. The lowest BCUT2D eigenvalue weighted by Gasteiger charge is -1.90. The molecule has 1 aliphatic rings. The van der Waals surface area contributed by atoms with Crippen LogP contribution in [0.4, 0.5) is 0 Å². The van der Waals surface area contributed by atoms with Crippen LogP contribution in [0.2, 0.25) is 0 Å². The molecule has 0 bridgehead atoms. The van der Waals surface area contributed by atoms with Crippen molar-refractivity contribution in [1.29, 1.82) is 0 Å². The minimum atomic E-state index is 1.12. The van der Waals surface area contributed by atoms with Gasteiger partial charge in [-0.05, 0) is 29.3 Å². The van der Waals surface area contributed by atoms with Gasteiger partial charge in [-0.25, -0.2) is 0 Å². The molecule has 0 aromatic rings. The molecule has 1 aliphatic carbocycles. The number of halogens is 1. The first kappa shape index (κ1) is 7.79. The van der Waals surface area contributed by atoms with Crippen molar-refractivity contribution in [3.05, 3.63) is 10.1 Å². The van der Waals surface area contributed by atoms with Crippen molar-refractivity contribution < 1.29 is 4.84 Å². The number of hydrogen-bond donors (Lipinski definition) is 0. The Hall–Kier alpha value is -0.310. The molecule has 0 amide bonds. The predicted molar refractivity (Wildman–Crippen MR) is 45.3 cm³/mol. The normalized spacial score (nSPS) is 19.0. The van der Waals surface area contributed by atoms with Crippen LogP contribution in [-0.2, 0) is 4.84 Å². The molecule has 3 heteroatoms. The number of rotatable bonds is 2. The quantitative estimate of drug-likeness (QED) is 0.500. The fraction of sp³-hybridized carbons (Fsp3) is 0.571. The molecule has 10 heavy (non-hydrogen) atoms. The fourth-order valence-corrected chi connectivity index (χ4v) is 1.56. The highest BCUT2D eigenvalue weighted by molar-refractivity contribution is 9.11. The van der Waals surface area contributed by atoms with Gasteiger partial charge in [0.1, 0.15) is 7.11 Å². The molecule has 1 rings (SSSR count). The van der Waals surface area contributed by atoms with Crippen molar-refractivity contribution in [2.75, 3.05) is 7.11 Å².